The van der Waals surface area contributed by atoms with E-state index in [9.17, 15) is 0 Å². The first-order valence-electron chi connectivity index (χ1n) is 5.76. The van der Waals surface area contributed by atoms with Gasteiger partial charge >= 0.3 is 0 Å². The summed E-state index contributed by atoms with van der Waals surface area (Å²) < 4.78 is 1.98. The zero-order chi connectivity index (χ0) is 12.4. The Hall–Kier alpha value is -1.68. The topological polar surface area (TPSA) is 42.7 Å². The third kappa shape index (κ3) is 2.22. The second-order valence-electron chi connectivity index (χ2n) is 4.24. The van der Waals surface area contributed by atoms with Crippen molar-refractivity contribution in [3.05, 3.63) is 41.0 Å². The Balaban J connectivity index is 2.45. The lowest BCUT2D eigenvalue weighted by molar-refractivity contribution is 0.779. The van der Waals surface area contributed by atoms with Gasteiger partial charge in [-0.15, -0.1) is 0 Å². The minimum atomic E-state index is 0.770. The minimum Gasteiger partial charge on any atom is -0.314 e. The van der Waals surface area contributed by atoms with Crippen LogP contribution in [-0.4, -0.2) is 21.8 Å². The third-order valence-electron chi connectivity index (χ3n) is 3.06. The molecule has 1 N–H and O–H groups in total. The molecule has 2 heterocycles. The van der Waals surface area contributed by atoms with Crippen LogP contribution in [-0.2, 0) is 6.54 Å². The van der Waals surface area contributed by atoms with Crippen molar-refractivity contribution in [2.75, 3.05) is 7.05 Å². The molecule has 0 aliphatic carbocycles. The fourth-order valence-electron chi connectivity index (χ4n) is 1.85. The molecule has 0 saturated carbocycles. The van der Waals surface area contributed by atoms with E-state index in [1.807, 2.05) is 30.9 Å². The average molecular weight is 230 g/mol. The van der Waals surface area contributed by atoms with E-state index in [0.717, 1.165) is 23.6 Å². The molecule has 2 aromatic rings. The van der Waals surface area contributed by atoms with Crippen LogP contribution in [0.2, 0.25) is 0 Å². The second-order valence-corrected chi connectivity index (χ2v) is 4.24. The highest BCUT2D eigenvalue weighted by Gasteiger charge is 2.09. The molecule has 2 aromatic heterocycles. The van der Waals surface area contributed by atoms with Crippen LogP contribution in [0.4, 0.5) is 0 Å². The maximum Gasteiger partial charge on any atom is 0.0682 e. The fourth-order valence-corrected chi connectivity index (χ4v) is 1.85. The van der Waals surface area contributed by atoms with E-state index in [1.165, 1.54) is 11.3 Å². The van der Waals surface area contributed by atoms with Crippen molar-refractivity contribution in [1.29, 1.82) is 0 Å². The van der Waals surface area contributed by atoms with Gasteiger partial charge in [-0.25, -0.2) is 4.68 Å². The molecule has 4 nitrogen and oxygen atoms in total. The highest BCUT2D eigenvalue weighted by Crippen LogP contribution is 2.16. The van der Waals surface area contributed by atoms with Crippen molar-refractivity contribution in [3.8, 4) is 5.69 Å². The van der Waals surface area contributed by atoms with Gasteiger partial charge in [-0.05, 0) is 45.5 Å². The molecule has 17 heavy (non-hydrogen) atoms. The van der Waals surface area contributed by atoms with Gasteiger partial charge in [0.15, 0.2) is 0 Å². The standard InChI is InChI=1S/C13H18N4/c1-9-10(2)16-17(11(9)3)13-5-6-15-12(7-13)8-14-4/h5-7,14H,8H2,1-4H3. The number of hydrogen-bond acceptors (Lipinski definition) is 3. The van der Waals surface area contributed by atoms with Gasteiger partial charge in [0.1, 0.15) is 0 Å². The number of rotatable bonds is 3. The molecule has 0 fully saturated rings. The van der Waals surface area contributed by atoms with E-state index in [2.05, 4.69) is 35.3 Å². The molecule has 90 valence electrons. The van der Waals surface area contributed by atoms with Gasteiger partial charge in [0.2, 0.25) is 0 Å². The highest BCUT2D eigenvalue weighted by molar-refractivity contribution is 5.36. The van der Waals surface area contributed by atoms with Crippen LogP contribution in [0.15, 0.2) is 18.3 Å². The first-order chi connectivity index (χ1) is 8.13. The van der Waals surface area contributed by atoms with Crippen molar-refractivity contribution in [3.63, 3.8) is 0 Å². The monoisotopic (exact) mass is 230 g/mol. The maximum absolute atomic E-state index is 4.55. The van der Waals surface area contributed by atoms with Gasteiger partial charge in [-0.3, -0.25) is 4.98 Å². The molecule has 0 radical (unpaired) electrons. The van der Waals surface area contributed by atoms with Gasteiger partial charge in [0, 0.05) is 18.4 Å². The lowest BCUT2D eigenvalue weighted by atomic mass is 10.2. The van der Waals surface area contributed by atoms with E-state index in [1.54, 1.807) is 0 Å². The summed E-state index contributed by atoms with van der Waals surface area (Å²) in [6.07, 6.45) is 1.83. The lowest BCUT2D eigenvalue weighted by Gasteiger charge is -2.06. The predicted molar refractivity (Wildman–Crippen MR) is 68.3 cm³/mol. The summed E-state index contributed by atoms with van der Waals surface area (Å²) in [5, 5.41) is 7.65. The number of aromatic nitrogens is 3. The van der Waals surface area contributed by atoms with Gasteiger partial charge in [0.05, 0.1) is 17.1 Å². The number of aryl methyl sites for hydroxylation is 1. The van der Waals surface area contributed by atoms with Crippen molar-refractivity contribution in [2.45, 2.75) is 27.3 Å². The molecule has 0 aromatic carbocycles. The van der Waals surface area contributed by atoms with Gasteiger partial charge < -0.3 is 5.32 Å². The smallest absolute Gasteiger partial charge is 0.0682 e. The molecule has 0 saturated heterocycles. The SMILES string of the molecule is CNCc1cc(-n2nc(C)c(C)c2C)ccn1. The third-order valence-corrected chi connectivity index (χ3v) is 3.06. The summed E-state index contributed by atoms with van der Waals surface area (Å²) >= 11 is 0. The first-order valence-corrected chi connectivity index (χ1v) is 5.76. The Morgan fingerprint density at radius 1 is 1.29 bits per heavy atom. The Bertz CT molecular complexity index is 528. The van der Waals surface area contributed by atoms with Crippen LogP contribution in [0, 0.1) is 20.8 Å². The second kappa shape index (κ2) is 4.67. The number of pyridine rings is 1. The van der Waals surface area contributed by atoms with Crippen LogP contribution in [0.25, 0.3) is 5.69 Å². The molecular formula is C13H18N4. The van der Waals surface area contributed by atoms with Crippen LogP contribution in [0.1, 0.15) is 22.6 Å². The van der Waals surface area contributed by atoms with Crippen molar-refractivity contribution in [1.82, 2.24) is 20.1 Å². The zero-order valence-corrected chi connectivity index (χ0v) is 10.8. The fraction of sp³-hybridized carbons (Fsp3) is 0.385. The van der Waals surface area contributed by atoms with Gasteiger partial charge in [0.25, 0.3) is 0 Å². The molecule has 0 atom stereocenters. The molecular weight excluding hydrogens is 212 g/mol. The molecule has 2 rings (SSSR count). The Morgan fingerprint density at radius 2 is 2.06 bits per heavy atom. The highest BCUT2D eigenvalue weighted by atomic mass is 15.3. The van der Waals surface area contributed by atoms with E-state index in [-0.39, 0.29) is 0 Å². The molecule has 0 unspecified atom stereocenters. The summed E-state index contributed by atoms with van der Waals surface area (Å²) in [4.78, 5) is 4.31. The largest absolute Gasteiger partial charge is 0.314 e. The van der Waals surface area contributed by atoms with Crippen molar-refractivity contribution < 1.29 is 0 Å². The number of nitrogens with one attached hydrogen (secondary N) is 1. The van der Waals surface area contributed by atoms with Crippen LogP contribution in [0.5, 0.6) is 0 Å². The van der Waals surface area contributed by atoms with Crippen molar-refractivity contribution in [2.24, 2.45) is 0 Å². The first kappa shape index (κ1) is 11.8. The van der Waals surface area contributed by atoms with Crippen LogP contribution >= 0.6 is 0 Å². The normalized spacial score (nSPS) is 10.8. The Kier molecular flexibility index (Phi) is 3.24. The number of nitrogens with zero attached hydrogens (tertiary/aromatic N) is 3. The Labute approximate surface area is 102 Å². The molecule has 0 aliphatic rings. The van der Waals surface area contributed by atoms with Crippen molar-refractivity contribution >= 4 is 0 Å². The summed E-state index contributed by atoms with van der Waals surface area (Å²) in [5.41, 5.74) is 5.60. The molecule has 0 aliphatic heterocycles. The quantitative estimate of drug-likeness (QED) is 0.876. The molecule has 0 bridgehead atoms. The average Bonchev–Trinajstić information content (AvgIpc) is 2.58. The van der Waals surface area contributed by atoms with Crippen LogP contribution < -0.4 is 5.32 Å². The molecule has 4 heteroatoms. The summed E-state index contributed by atoms with van der Waals surface area (Å²) in [5.74, 6) is 0. The van der Waals surface area contributed by atoms with E-state index >= 15 is 0 Å². The van der Waals surface area contributed by atoms with Gasteiger partial charge in [-0.2, -0.15) is 5.10 Å². The van der Waals surface area contributed by atoms with E-state index in [0.29, 0.717) is 0 Å². The van der Waals surface area contributed by atoms with Crippen LogP contribution in [0.3, 0.4) is 0 Å². The Morgan fingerprint density at radius 3 is 2.65 bits per heavy atom. The maximum atomic E-state index is 4.55. The van der Waals surface area contributed by atoms with E-state index < -0.39 is 0 Å². The molecule has 0 spiro atoms. The number of hydrogen-bond donors (Lipinski definition) is 1. The lowest BCUT2D eigenvalue weighted by Crippen LogP contribution is -2.08. The minimum absolute atomic E-state index is 0.770. The predicted octanol–water partition coefficient (Wildman–Crippen LogP) is 1.91. The van der Waals surface area contributed by atoms with Gasteiger partial charge in [-0.1, -0.05) is 0 Å². The summed E-state index contributed by atoms with van der Waals surface area (Å²) in [6, 6.07) is 4.05. The zero-order valence-electron chi connectivity index (χ0n) is 10.8. The molecule has 0 amide bonds. The van der Waals surface area contributed by atoms with E-state index in [4.69, 9.17) is 0 Å². The summed E-state index contributed by atoms with van der Waals surface area (Å²) in [6.45, 7) is 7.00. The summed E-state index contributed by atoms with van der Waals surface area (Å²) in [7, 11) is 1.92.